The Labute approximate surface area is 177 Å². The molecule has 0 aliphatic heterocycles. The van der Waals surface area contributed by atoms with Crippen molar-refractivity contribution in [3.63, 3.8) is 0 Å². The summed E-state index contributed by atoms with van der Waals surface area (Å²) >= 11 is 0. The number of hydrogen-bond acceptors (Lipinski definition) is 1. The molecule has 1 N–H and O–H groups in total. The molecule has 0 saturated carbocycles. The molecular weight excluding hydrogens is 356 g/mol. The van der Waals surface area contributed by atoms with E-state index in [9.17, 15) is 4.79 Å². The van der Waals surface area contributed by atoms with Crippen LogP contribution in [0.25, 0.3) is 0 Å². The van der Waals surface area contributed by atoms with E-state index in [-0.39, 0.29) is 6.03 Å². The fourth-order valence-electron chi connectivity index (χ4n) is 3.51. The van der Waals surface area contributed by atoms with Crippen molar-refractivity contribution in [3.05, 3.63) is 65.7 Å². The summed E-state index contributed by atoms with van der Waals surface area (Å²) in [6.07, 6.45) is 10.7. The number of rotatable bonds is 13. The van der Waals surface area contributed by atoms with Crippen LogP contribution in [0, 0.1) is 6.92 Å². The second-order valence-corrected chi connectivity index (χ2v) is 7.99. The van der Waals surface area contributed by atoms with Gasteiger partial charge in [0, 0.05) is 18.8 Å². The summed E-state index contributed by atoms with van der Waals surface area (Å²) in [6, 6.07) is 18.7. The van der Waals surface area contributed by atoms with Gasteiger partial charge in [-0.1, -0.05) is 87.1 Å². The van der Waals surface area contributed by atoms with Crippen LogP contribution < -0.4 is 5.32 Å². The number of unbranched alkanes of at least 4 members (excludes halogenated alkanes) is 6. The van der Waals surface area contributed by atoms with Gasteiger partial charge in [-0.25, -0.2) is 4.79 Å². The average Bonchev–Trinajstić information content (AvgIpc) is 2.74. The van der Waals surface area contributed by atoms with Crippen molar-refractivity contribution in [2.24, 2.45) is 0 Å². The first kappa shape index (κ1) is 23.0. The van der Waals surface area contributed by atoms with E-state index in [1.807, 2.05) is 29.2 Å². The van der Waals surface area contributed by atoms with Gasteiger partial charge >= 0.3 is 6.03 Å². The largest absolute Gasteiger partial charge is 0.325 e. The van der Waals surface area contributed by atoms with Crippen molar-refractivity contribution in [2.75, 3.05) is 18.4 Å². The van der Waals surface area contributed by atoms with Crippen LogP contribution >= 0.6 is 0 Å². The highest BCUT2D eigenvalue weighted by Gasteiger charge is 2.13. The number of anilines is 1. The standard InChI is InChI=1S/C26H38N2O/c1-3-4-5-6-7-12-21-28(22-13-11-16-24-14-9-8-10-15-24)26(29)27-25-19-17-23(2)18-20-25/h8-10,14-15,17-20H,3-7,11-13,16,21-22H2,1-2H3,(H,27,29). The third-order valence-corrected chi connectivity index (χ3v) is 5.36. The van der Waals surface area contributed by atoms with Crippen LogP contribution in [0.3, 0.4) is 0 Å². The third kappa shape index (κ3) is 9.65. The molecule has 0 aliphatic rings. The summed E-state index contributed by atoms with van der Waals surface area (Å²) in [6.45, 7) is 5.96. The molecule has 3 heteroatoms. The predicted octanol–water partition coefficient (Wildman–Crippen LogP) is 7.21. The van der Waals surface area contributed by atoms with Crippen molar-refractivity contribution in [2.45, 2.75) is 71.6 Å². The van der Waals surface area contributed by atoms with E-state index in [1.165, 1.54) is 43.2 Å². The summed E-state index contributed by atoms with van der Waals surface area (Å²) in [5.74, 6) is 0. The Hall–Kier alpha value is -2.29. The number of carbonyl (C=O) groups excluding carboxylic acids is 1. The molecule has 158 valence electrons. The van der Waals surface area contributed by atoms with Crippen molar-refractivity contribution < 1.29 is 4.79 Å². The molecule has 0 aliphatic carbocycles. The molecule has 0 radical (unpaired) electrons. The molecule has 2 aromatic rings. The summed E-state index contributed by atoms with van der Waals surface area (Å²) < 4.78 is 0. The van der Waals surface area contributed by atoms with E-state index >= 15 is 0 Å². The van der Waals surface area contributed by atoms with Gasteiger partial charge in [-0.05, 0) is 50.3 Å². The Morgan fingerprint density at radius 2 is 1.41 bits per heavy atom. The average molecular weight is 395 g/mol. The maximum absolute atomic E-state index is 12.8. The maximum Gasteiger partial charge on any atom is 0.321 e. The van der Waals surface area contributed by atoms with Crippen LogP contribution in [-0.4, -0.2) is 24.0 Å². The fraction of sp³-hybridized carbons (Fsp3) is 0.500. The van der Waals surface area contributed by atoms with Crippen molar-refractivity contribution in [1.29, 1.82) is 0 Å². The van der Waals surface area contributed by atoms with E-state index in [4.69, 9.17) is 0 Å². The maximum atomic E-state index is 12.8. The third-order valence-electron chi connectivity index (χ3n) is 5.36. The van der Waals surface area contributed by atoms with Gasteiger partial charge in [-0.15, -0.1) is 0 Å². The minimum atomic E-state index is 0.0297. The van der Waals surface area contributed by atoms with E-state index < -0.39 is 0 Å². The highest BCUT2D eigenvalue weighted by molar-refractivity contribution is 5.89. The first-order valence-electron chi connectivity index (χ1n) is 11.4. The lowest BCUT2D eigenvalue weighted by molar-refractivity contribution is 0.209. The Morgan fingerprint density at radius 3 is 2.10 bits per heavy atom. The fourth-order valence-corrected chi connectivity index (χ4v) is 3.51. The molecule has 2 rings (SSSR count). The van der Waals surface area contributed by atoms with Gasteiger partial charge in [0.25, 0.3) is 0 Å². The Kier molecular flexibility index (Phi) is 11.0. The van der Waals surface area contributed by atoms with Crippen LogP contribution in [0.4, 0.5) is 10.5 Å². The lowest BCUT2D eigenvalue weighted by atomic mass is 10.1. The number of urea groups is 1. The topological polar surface area (TPSA) is 32.3 Å². The van der Waals surface area contributed by atoms with Crippen LogP contribution in [0.15, 0.2) is 54.6 Å². The molecule has 0 atom stereocenters. The molecule has 0 fully saturated rings. The van der Waals surface area contributed by atoms with Crippen LogP contribution in [0.2, 0.25) is 0 Å². The first-order valence-corrected chi connectivity index (χ1v) is 11.4. The quantitative estimate of drug-likeness (QED) is 0.358. The second kappa shape index (κ2) is 13.8. The summed E-state index contributed by atoms with van der Waals surface area (Å²) in [4.78, 5) is 14.8. The van der Waals surface area contributed by atoms with E-state index in [1.54, 1.807) is 0 Å². The lowest BCUT2D eigenvalue weighted by Gasteiger charge is -2.23. The molecule has 0 bridgehead atoms. The van der Waals surface area contributed by atoms with Crippen molar-refractivity contribution in [1.82, 2.24) is 4.90 Å². The van der Waals surface area contributed by atoms with Crippen molar-refractivity contribution in [3.8, 4) is 0 Å². The zero-order valence-electron chi connectivity index (χ0n) is 18.3. The van der Waals surface area contributed by atoms with Gasteiger partial charge in [0.2, 0.25) is 0 Å². The Morgan fingerprint density at radius 1 is 0.793 bits per heavy atom. The SMILES string of the molecule is CCCCCCCCN(CCCCc1ccccc1)C(=O)Nc1ccc(C)cc1. The van der Waals surface area contributed by atoms with Crippen LogP contribution in [-0.2, 0) is 6.42 Å². The monoisotopic (exact) mass is 394 g/mol. The van der Waals surface area contributed by atoms with Crippen molar-refractivity contribution >= 4 is 11.7 Å². The van der Waals surface area contributed by atoms with Gasteiger partial charge in [0.15, 0.2) is 0 Å². The van der Waals surface area contributed by atoms with Gasteiger partial charge in [-0.2, -0.15) is 0 Å². The minimum absolute atomic E-state index is 0.0297. The van der Waals surface area contributed by atoms with Gasteiger partial charge < -0.3 is 10.2 Å². The normalized spacial score (nSPS) is 10.7. The highest BCUT2D eigenvalue weighted by atomic mass is 16.2. The highest BCUT2D eigenvalue weighted by Crippen LogP contribution is 2.12. The predicted molar refractivity (Wildman–Crippen MR) is 125 cm³/mol. The molecule has 0 heterocycles. The molecule has 0 saturated heterocycles. The molecule has 3 nitrogen and oxygen atoms in total. The van der Waals surface area contributed by atoms with Crippen LogP contribution in [0.5, 0.6) is 0 Å². The second-order valence-electron chi connectivity index (χ2n) is 7.99. The zero-order chi connectivity index (χ0) is 20.7. The van der Waals surface area contributed by atoms with Crippen LogP contribution in [0.1, 0.15) is 69.4 Å². The smallest absolute Gasteiger partial charge is 0.321 e. The summed E-state index contributed by atoms with van der Waals surface area (Å²) in [5.41, 5.74) is 3.45. The lowest BCUT2D eigenvalue weighted by Crippen LogP contribution is -2.36. The van der Waals surface area contributed by atoms with E-state index in [0.29, 0.717) is 0 Å². The first-order chi connectivity index (χ1) is 14.2. The Balaban J connectivity index is 1.80. The van der Waals surface area contributed by atoms with Gasteiger partial charge in [0.05, 0.1) is 0 Å². The van der Waals surface area contributed by atoms with Gasteiger partial charge in [0.1, 0.15) is 0 Å². The number of aryl methyl sites for hydroxylation is 2. The molecule has 0 unspecified atom stereocenters. The Bertz CT molecular complexity index is 682. The number of nitrogens with one attached hydrogen (secondary N) is 1. The summed E-state index contributed by atoms with van der Waals surface area (Å²) in [5, 5.41) is 3.08. The molecular formula is C26H38N2O. The van der Waals surface area contributed by atoms with Gasteiger partial charge in [-0.3, -0.25) is 0 Å². The number of carbonyl (C=O) groups is 1. The number of benzene rings is 2. The van der Waals surface area contributed by atoms with E-state index in [2.05, 4.69) is 49.5 Å². The minimum Gasteiger partial charge on any atom is -0.325 e. The molecule has 0 aromatic heterocycles. The number of amides is 2. The molecule has 29 heavy (non-hydrogen) atoms. The molecule has 0 spiro atoms. The number of nitrogens with zero attached hydrogens (tertiary/aromatic N) is 1. The zero-order valence-corrected chi connectivity index (χ0v) is 18.3. The number of hydrogen-bond donors (Lipinski definition) is 1. The summed E-state index contributed by atoms with van der Waals surface area (Å²) in [7, 11) is 0. The molecule has 2 aromatic carbocycles. The molecule has 2 amide bonds. The van der Waals surface area contributed by atoms with E-state index in [0.717, 1.165) is 44.5 Å².